The van der Waals surface area contributed by atoms with E-state index in [-0.39, 0.29) is 11.3 Å². The molecule has 124 valence electrons. The van der Waals surface area contributed by atoms with Crippen molar-refractivity contribution in [3.05, 3.63) is 71.3 Å². The Morgan fingerprint density at radius 1 is 1.12 bits per heavy atom. The number of carboxylic acid groups (broad SMARTS) is 1. The average molecular weight is 321 g/mol. The number of fused-ring (bicyclic) bond motifs is 2. The maximum atomic E-state index is 12.1. The largest absolute Gasteiger partial charge is 0.481 e. The molecule has 1 fully saturated rings. The standard InChI is InChI=1S/C21H23NO2/c23-20(24)19-14-22(13-16-7-2-1-3-8-16)15-21(19)12-6-10-17-9-4-5-11-18(17)21/h1-5,7-9,11,19H,6,10,12-15H2,(H,23,24)/t19?,21-/m0/s1. The zero-order valence-corrected chi connectivity index (χ0v) is 13.8. The van der Waals surface area contributed by atoms with Crippen LogP contribution >= 0.6 is 0 Å². The molecule has 0 amide bonds. The maximum absolute atomic E-state index is 12.1. The third-order valence-corrected chi connectivity index (χ3v) is 5.78. The number of likely N-dealkylation sites (tertiary alicyclic amines) is 1. The predicted molar refractivity (Wildman–Crippen MR) is 93.9 cm³/mol. The fourth-order valence-corrected chi connectivity index (χ4v) is 4.76. The van der Waals surface area contributed by atoms with Gasteiger partial charge in [-0.2, -0.15) is 0 Å². The number of nitrogens with zero attached hydrogens (tertiary/aromatic N) is 1. The van der Waals surface area contributed by atoms with Gasteiger partial charge < -0.3 is 5.11 Å². The predicted octanol–water partition coefficient (Wildman–Crippen LogP) is 3.48. The van der Waals surface area contributed by atoms with Crippen LogP contribution in [-0.4, -0.2) is 29.1 Å². The molecule has 1 spiro atoms. The molecule has 0 radical (unpaired) electrons. The van der Waals surface area contributed by atoms with Crippen molar-refractivity contribution in [2.24, 2.45) is 5.92 Å². The molecule has 2 aliphatic rings. The second-order valence-electron chi connectivity index (χ2n) is 7.21. The molecule has 0 bridgehead atoms. The summed E-state index contributed by atoms with van der Waals surface area (Å²) in [6, 6.07) is 18.8. The highest BCUT2D eigenvalue weighted by Gasteiger charge is 2.52. The first kappa shape index (κ1) is 15.4. The van der Waals surface area contributed by atoms with Crippen molar-refractivity contribution in [3.63, 3.8) is 0 Å². The highest BCUT2D eigenvalue weighted by Crippen LogP contribution is 2.47. The summed E-state index contributed by atoms with van der Waals surface area (Å²) in [6.45, 7) is 2.31. The van der Waals surface area contributed by atoms with E-state index in [4.69, 9.17) is 0 Å². The maximum Gasteiger partial charge on any atom is 0.308 e. The van der Waals surface area contributed by atoms with Crippen LogP contribution in [-0.2, 0) is 23.2 Å². The van der Waals surface area contributed by atoms with Gasteiger partial charge in [0.15, 0.2) is 0 Å². The van der Waals surface area contributed by atoms with Crippen LogP contribution in [0.15, 0.2) is 54.6 Å². The molecule has 3 nitrogen and oxygen atoms in total. The topological polar surface area (TPSA) is 40.5 Å². The van der Waals surface area contributed by atoms with Gasteiger partial charge in [0.25, 0.3) is 0 Å². The Hall–Kier alpha value is -2.13. The van der Waals surface area contributed by atoms with Crippen molar-refractivity contribution < 1.29 is 9.90 Å². The van der Waals surface area contributed by atoms with E-state index in [1.54, 1.807) is 0 Å². The first-order valence-electron chi connectivity index (χ1n) is 8.76. The lowest BCUT2D eigenvalue weighted by Gasteiger charge is -2.38. The fraction of sp³-hybridized carbons (Fsp3) is 0.381. The van der Waals surface area contributed by atoms with E-state index in [2.05, 4.69) is 41.3 Å². The van der Waals surface area contributed by atoms with Gasteiger partial charge in [0.05, 0.1) is 5.92 Å². The van der Waals surface area contributed by atoms with Gasteiger partial charge in [-0.05, 0) is 36.0 Å². The molecule has 0 saturated carbocycles. The number of benzene rings is 2. The van der Waals surface area contributed by atoms with E-state index in [0.29, 0.717) is 6.54 Å². The molecule has 1 aliphatic carbocycles. The Labute approximate surface area is 142 Å². The Morgan fingerprint density at radius 3 is 2.67 bits per heavy atom. The van der Waals surface area contributed by atoms with Gasteiger partial charge in [0, 0.05) is 25.0 Å². The van der Waals surface area contributed by atoms with Gasteiger partial charge in [-0.15, -0.1) is 0 Å². The smallest absolute Gasteiger partial charge is 0.308 e. The minimum Gasteiger partial charge on any atom is -0.481 e. The van der Waals surface area contributed by atoms with E-state index in [1.165, 1.54) is 16.7 Å². The van der Waals surface area contributed by atoms with Gasteiger partial charge in [0.2, 0.25) is 0 Å². The quantitative estimate of drug-likeness (QED) is 0.941. The van der Waals surface area contributed by atoms with Crippen LogP contribution in [0.2, 0.25) is 0 Å². The molecule has 0 aromatic heterocycles. The molecular formula is C21H23NO2. The van der Waals surface area contributed by atoms with Crippen LogP contribution in [0, 0.1) is 5.92 Å². The van der Waals surface area contributed by atoms with Crippen molar-refractivity contribution >= 4 is 5.97 Å². The van der Waals surface area contributed by atoms with Crippen LogP contribution in [0.4, 0.5) is 0 Å². The second kappa shape index (κ2) is 6.06. The minimum atomic E-state index is -0.651. The summed E-state index contributed by atoms with van der Waals surface area (Å²) in [7, 11) is 0. The van der Waals surface area contributed by atoms with Crippen LogP contribution in [0.25, 0.3) is 0 Å². The van der Waals surface area contributed by atoms with Crippen LogP contribution in [0.5, 0.6) is 0 Å². The minimum absolute atomic E-state index is 0.227. The Kier molecular flexibility index (Phi) is 3.89. The van der Waals surface area contributed by atoms with E-state index in [1.807, 2.05) is 18.2 Å². The molecule has 1 heterocycles. The monoisotopic (exact) mass is 321 g/mol. The number of hydrogen-bond donors (Lipinski definition) is 1. The number of aryl methyl sites for hydroxylation is 1. The van der Waals surface area contributed by atoms with Crippen LogP contribution < -0.4 is 0 Å². The van der Waals surface area contributed by atoms with E-state index in [9.17, 15) is 9.90 Å². The molecule has 2 atom stereocenters. The Balaban J connectivity index is 1.68. The molecular weight excluding hydrogens is 298 g/mol. The number of carboxylic acids is 1. The second-order valence-corrected chi connectivity index (χ2v) is 7.21. The SMILES string of the molecule is O=C(O)C1CN(Cc2ccccc2)C[C@]12CCCc1ccccc12. The van der Waals surface area contributed by atoms with Crippen molar-refractivity contribution in [1.82, 2.24) is 4.90 Å². The summed E-state index contributed by atoms with van der Waals surface area (Å²) in [5.41, 5.74) is 3.65. The van der Waals surface area contributed by atoms with Crippen molar-refractivity contribution in [3.8, 4) is 0 Å². The van der Waals surface area contributed by atoms with E-state index >= 15 is 0 Å². The normalized spacial score (nSPS) is 26.4. The molecule has 2 aromatic carbocycles. The third kappa shape index (κ3) is 2.53. The molecule has 1 N–H and O–H groups in total. The summed E-state index contributed by atoms with van der Waals surface area (Å²) in [4.78, 5) is 14.4. The third-order valence-electron chi connectivity index (χ3n) is 5.78. The summed E-state index contributed by atoms with van der Waals surface area (Å²) >= 11 is 0. The fourth-order valence-electron chi connectivity index (χ4n) is 4.76. The van der Waals surface area contributed by atoms with Gasteiger partial charge in [-0.1, -0.05) is 54.6 Å². The zero-order valence-electron chi connectivity index (χ0n) is 13.8. The van der Waals surface area contributed by atoms with Crippen molar-refractivity contribution in [2.45, 2.75) is 31.2 Å². The van der Waals surface area contributed by atoms with Crippen LogP contribution in [0.3, 0.4) is 0 Å². The molecule has 4 rings (SSSR count). The van der Waals surface area contributed by atoms with Gasteiger partial charge >= 0.3 is 5.97 Å². The van der Waals surface area contributed by atoms with E-state index < -0.39 is 5.97 Å². The molecule has 2 aromatic rings. The summed E-state index contributed by atoms with van der Waals surface area (Å²) in [5.74, 6) is -0.968. The first-order chi connectivity index (χ1) is 11.7. The molecule has 1 unspecified atom stereocenters. The molecule has 3 heteroatoms. The average Bonchev–Trinajstić information content (AvgIpc) is 2.95. The van der Waals surface area contributed by atoms with Gasteiger partial charge in [-0.3, -0.25) is 9.69 Å². The Bertz CT molecular complexity index is 743. The van der Waals surface area contributed by atoms with Crippen molar-refractivity contribution in [1.29, 1.82) is 0 Å². The van der Waals surface area contributed by atoms with Gasteiger partial charge in [-0.25, -0.2) is 0 Å². The van der Waals surface area contributed by atoms with Gasteiger partial charge in [0.1, 0.15) is 0 Å². The zero-order chi connectivity index (χ0) is 16.6. The number of hydrogen-bond acceptors (Lipinski definition) is 2. The molecule has 1 saturated heterocycles. The molecule has 1 aliphatic heterocycles. The highest BCUT2D eigenvalue weighted by molar-refractivity contribution is 5.74. The summed E-state index contributed by atoms with van der Waals surface area (Å²) in [5, 5.41) is 9.91. The highest BCUT2D eigenvalue weighted by atomic mass is 16.4. The lowest BCUT2D eigenvalue weighted by Crippen LogP contribution is -2.42. The number of carbonyl (C=O) groups is 1. The summed E-state index contributed by atoms with van der Waals surface area (Å²) < 4.78 is 0. The number of rotatable bonds is 3. The molecule has 24 heavy (non-hydrogen) atoms. The Morgan fingerprint density at radius 2 is 1.88 bits per heavy atom. The first-order valence-corrected chi connectivity index (χ1v) is 8.76. The van der Waals surface area contributed by atoms with Crippen molar-refractivity contribution in [2.75, 3.05) is 13.1 Å². The van der Waals surface area contributed by atoms with Crippen LogP contribution in [0.1, 0.15) is 29.5 Å². The van der Waals surface area contributed by atoms with E-state index in [0.717, 1.165) is 32.4 Å². The lowest BCUT2D eigenvalue weighted by molar-refractivity contribution is -0.143. The lowest BCUT2D eigenvalue weighted by atomic mass is 9.64. The number of aliphatic carboxylic acids is 1. The summed E-state index contributed by atoms with van der Waals surface area (Å²) in [6.07, 6.45) is 3.13.